The van der Waals surface area contributed by atoms with E-state index in [0.29, 0.717) is 11.3 Å². The molecule has 29 heavy (non-hydrogen) atoms. The van der Waals surface area contributed by atoms with Gasteiger partial charge in [0.25, 0.3) is 5.91 Å². The van der Waals surface area contributed by atoms with Crippen molar-refractivity contribution in [3.05, 3.63) is 53.6 Å². The molecule has 0 saturated carbocycles. The van der Waals surface area contributed by atoms with Crippen LogP contribution in [0.25, 0.3) is 0 Å². The highest BCUT2D eigenvalue weighted by atomic mass is 16.2. The van der Waals surface area contributed by atoms with Crippen LogP contribution in [0.2, 0.25) is 0 Å². The molecule has 3 rings (SSSR count). The number of carbonyl (C=O) groups is 2. The zero-order chi connectivity index (χ0) is 20.8. The highest BCUT2D eigenvalue weighted by molar-refractivity contribution is 6.04. The van der Waals surface area contributed by atoms with Gasteiger partial charge < -0.3 is 20.9 Å². The first-order valence-electron chi connectivity index (χ1n) is 10.3. The van der Waals surface area contributed by atoms with Crippen molar-refractivity contribution in [1.29, 1.82) is 0 Å². The molecule has 0 radical (unpaired) electrons. The summed E-state index contributed by atoms with van der Waals surface area (Å²) in [7, 11) is 0. The standard InChI is InChI=1S/C23H30N4O2/c1-4-17(3)24-22(28)19-15-18(11-12-21(19)27-13-7-8-14-27)25-23(29)26-20-10-6-5-9-16(20)2/h5-6,9-12,15,17H,4,7-8,13-14H2,1-3H3,(H,24,28)(H2,25,26,29)/t17-/m1/s1. The fourth-order valence-corrected chi connectivity index (χ4v) is 3.43. The summed E-state index contributed by atoms with van der Waals surface area (Å²) in [4.78, 5) is 27.6. The second-order valence-corrected chi connectivity index (χ2v) is 7.60. The Labute approximate surface area is 172 Å². The van der Waals surface area contributed by atoms with Crippen LogP contribution < -0.4 is 20.9 Å². The van der Waals surface area contributed by atoms with Crippen LogP contribution in [0.3, 0.4) is 0 Å². The maximum absolute atomic E-state index is 12.9. The number of anilines is 3. The monoisotopic (exact) mass is 394 g/mol. The molecule has 2 aromatic carbocycles. The lowest BCUT2D eigenvalue weighted by Gasteiger charge is -2.23. The van der Waals surface area contributed by atoms with Crippen LogP contribution in [-0.2, 0) is 0 Å². The van der Waals surface area contributed by atoms with Gasteiger partial charge in [-0.2, -0.15) is 0 Å². The molecule has 6 nitrogen and oxygen atoms in total. The zero-order valence-corrected chi connectivity index (χ0v) is 17.4. The summed E-state index contributed by atoms with van der Waals surface area (Å²) in [6, 6.07) is 12.9. The molecule has 2 aromatic rings. The third-order valence-electron chi connectivity index (χ3n) is 5.33. The third-order valence-corrected chi connectivity index (χ3v) is 5.33. The molecule has 3 N–H and O–H groups in total. The first-order valence-corrected chi connectivity index (χ1v) is 10.3. The van der Waals surface area contributed by atoms with Gasteiger partial charge in [0.05, 0.1) is 5.56 Å². The third kappa shape index (κ3) is 5.28. The van der Waals surface area contributed by atoms with Gasteiger partial charge in [0, 0.05) is 36.2 Å². The number of carbonyl (C=O) groups excluding carboxylic acids is 2. The highest BCUT2D eigenvalue weighted by Gasteiger charge is 2.21. The van der Waals surface area contributed by atoms with E-state index in [1.165, 1.54) is 0 Å². The second-order valence-electron chi connectivity index (χ2n) is 7.60. The first-order chi connectivity index (χ1) is 14.0. The molecule has 1 atom stereocenters. The molecule has 154 valence electrons. The predicted octanol–water partition coefficient (Wildman–Crippen LogP) is 4.77. The summed E-state index contributed by atoms with van der Waals surface area (Å²) in [6.45, 7) is 7.87. The Morgan fingerprint density at radius 1 is 1.07 bits per heavy atom. The van der Waals surface area contributed by atoms with Gasteiger partial charge >= 0.3 is 6.03 Å². The van der Waals surface area contributed by atoms with Crippen molar-refractivity contribution in [3.8, 4) is 0 Å². The summed E-state index contributed by atoms with van der Waals surface area (Å²) >= 11 is 0. The number of hydrogen-bond donors (Lipinski definition) is 3. The minimum Gasteiger partial charge on any atom is -0.371 e. The second kappa shape index (κ2) is 9.45. The van der Waals surface area contributed by atoms with Crippen molar-refractivity contribution < 1.29 is 9.59 Å². The van der Waals surface area contributed by atoms with Gasteiger partial charge in [0.2, 0.25) is 0 Å². The molecule has 1 aliphatic rings. The van der Waals surface area contributed by atoms with E-state index in [9.17, 15) is 9.59 Å². The van der Waals surface area contributed by atoms with Gasteiger partial charge in [0.15, 0.2) is 0 Å². The van der Waals surface area contributed by atoms with Crippen molar-refractivity contribution in [1.82, 2.24) is 5.32 Å². The smallest absolute Gasteiger partial charge is 0.323 e. The van der Waals surface area contributed by atoms with Crippen LogP contribution in [0.1, 0.15) is 49.0 Å². The average Bonchev–Trinajstić information content (AvgIpc) is 3.24. The molecule has 1 fully saturated rings. The maximum Gasteiger partial charge on any atom is 0.323 e. The fourth-order valence-electron chi connectivity index (χ4n) is 3.43. The van der Waals surface area contributed by atoms with Crippen LogP contribution in [0.15, 0.2) is 42.5 Å². The summed E-state index contributed by atoms with van der Waals surface area (Å²) in [5, 5.41) is 8.75. The topological polar surface area (TPSA) is 73.5 Å². The summed E-state index contributed by atoms with van der Waals surface area (Å²) < 4.78 is 0. The van der Waals surface area contributed by atoms with E-state index in [0.717, 1.165) is 49.3 Å². The van der Waals surface area contributed by atoms with Gasteiger partial charge in [-0.3, -0.25) is 4.79 Å². The van der Waals surface area contributed by atoms with Crippen molar-refractivity contribution in [2.45, 2.75) is 46.1 Å². The molecule has 3 amide bonds. The number of benzene rings is 2. The number of nitrogens with zero attached hydrogens (tertiary/aromatic N) is 1. The van der Waals surface area contributed by atoms with Gasteiger partial charge in [-0.05, 0) is 62.9 Å². The van der Waals surface area contributed by atoms with Crippen LogP contribution in [0.4, 0.5) is 21.9 Å². The molecule has 0 unspecified atom stereocenters. The Balaban J connectivity index is 1.80. The number of urea groups is 1. The minimum atomic E-state index is -0.332. The summed E-state index contributed by atoms with van der Waals surface area (Å²) in [6.07, 6.45) is 3.12. The fraction of sp³-hybridized carbons (Fsp3) is 0.391. The van der Waals surface area contributed by atoms with Crippen molar-refractivity contribution in [2.24, 2.45) is 0 Å². The zero-order valence-electron chi connectivity index (χ0n) is 17.4. The lowest BCUT2D eigenvalue weighted by Crippen LogP contribution is -2.33. The molecular formula is C23H30N4O2. The van der Waals surface area contributed by atoms with Crippen LogP contribution in [0, 0.1) is 6.92 Å². The number of amides is 3. The van der Waals surface area contributed by atoms with E-state index in [1.807, 2.05) is 57.2 Å². The summed E-state index contributed by atoms with van der Waals surface area (Å²) in [5.74, 6) is -0.107. The van der Waals surface area contributed by atoms with Crippen molar-refractivity contribution >= 4 is 29.0 Å². The molecule has 0 aliphatic carbocycles. The predicted molar refractivity (Wildman–Crippen MR) is 119 cm³/mol. The Bertz CT molecular complexity index is 875. The SMILES string of the molecule is CC[C@@H](C)NC(=O)c1cc(NC(=O)Nc2ccccc2C)ccc1N1CCCC1. The van der Waals surface area contributed by atoms with E-state index < -0.39 is 0 Å². The lowest BCUT2D eigenvalue weighted by molar-refractivity contribution is 0.0940. The van der Waals surface area contributed by atoms with Gasteiger partial charge in [-0.15, -0.1) is 0 Å². The van der Waals surface area contributed by atoms with Crippen LogP contribution in [-0.4, -0.2) is 31.1 Å². The van der Waals surface area contributed by atoms with Crippen molar-refractivity contribution in [3.63, 3.8) is 0 Å². The number of rotatable bonds is 6. The van der Waals surface area contributed by atoms with Crippen LogP contribution in [0.5, 0.6) is 0 Å². The van der Waals surface area contributed by atoms with E-state index >= 15 is 0 Å². The van der Waals surface area contributed by atoms with E-state index in [4.69, 9.17) is 0 Å². The Morgan fingerprint density at radius 2 is 1.79 bits per heavy atom. The molecule has 1 aliphatic heterocycles. The number of hydrogen-bond acceptors (Lipinski definition) is 3. The Kier molecular flexibility index (Phi) is 6.75. The molecular weight excluding hydrogens is 364 g/mol. The summed E-state index contributed by atoms with van der Waals surface area (Å²) in [5.41, 5.74) is 3.86. The van der Waals surface area contributed by atoms with Gasteiger partial charge in [-0.25, -0.2) is 4.79 Å². The Morgan fingerprint density at radius 3 is 2.48 bits per heavy atom. The molecule has 1 heterocycles. The number of para-hydroxylation sites is 1. The van der Waals surface area contributed by atoms with E-state index in [-0.39, 0.29) is 18.0 Å². The largest absolute Gasteiger partial charge is 0.371 e. The number of aryl methyl sites for hydroxylation is 1. The lowest BCUT2D eigenvalue weighted by atomic mass is 10.1. The van der Waals surface area contributed by atoms with Gasteiger partial charge in [0.1, 0.15) is 0 Å². The van der Waals surface area contributed by atoms with Gasteiger partial charge in [-0.1, -0.05) is 25.1 Å². The maximum atomic E-state index is 12.9. The van der Waals surface area contributed by atoms with Crippen molar-refractivity contribution in [2.75, 3.05) is 28.6 Å². The normalized spacial score (nSPS) is 14.4. The van der Waals surface area contributed by atoms with Crippen LogP contribution >= 0.6 is 0 Å². The number of nitrogens with one attached hydrogen (secondary N) is 3. The first kappa shape index (κ1) is 20.7. The molecule has 1 saturated heterocycles. The molecule has 0 spiro atoms. The minimum absolute atomic E-state index is 0.0925. The average molecular weight is 395 g/mol. The Hall–Kier alpha value is -3.02. The molecule has 0 aromatic heterocycles. The molecule has 6 heteroatoms. The van der Waals surface area contributed by atoms with E-state index in [1.54, 1.807) is 6.07 Å². The quantitative estimate of drug-likeness (QED) is 0.661. The highest BCUT2D eigenvalue weighted by Crippen LogP contribution is 2.28. The molecule has 0 bridgehead atoms. The van der Waals surface area contributed by atoms with E-state index in [2.05, 4.69) is 20.9 Å².